The smallest absolute Gasteiger partial charge is 0.416 e. The van der Waals surface area contributed by atoms with E-state index in [4.69, 9.17) is 4.74 Å². The molecule has 0 bridgehead atoms. The first-order valence-corrected chi connectivity index (χ1v) is 6.69. The number of alkyl halides is 3. The average Bonchev–Trinajstić information content (AvgIpc) is 2.93. The Bertz CT molecular complexity index is 635. The molecule has 0 atom stereocenters. The molecule has 3 rings (SSSR count). The minimum Gasteiger partial charge on any atom is -0.489 e. The first-order chi connectivity index (χ1) is 10.0. The molecule has 2 aromatic carbocycles. The van der Waals surface area contributed by atoms with Gasteiger partial charge >= 0.3 is 6.18 Å². The van der Waals surface area contributed by atoms with Crippen molar-refractivity contribution >= 4 is 5.69 Å². The Morgan fingerprint density at radius 1 is 1.05 bits per heavy atom. The Hall–Kier alpha value is -2.17. The maximum Gasteiger partial charge on any atom is 0.416 e. The fourth-order valence-electron chi connectivity index (χ4n) is 2.43. The SMILES string of the molecule is FC(F)(F)c1ccc(OCc2cccc3c2NCC3)cc1. The predicted octanol–water partition coefficient (Wildman–Crippen LogP) is 4.25. The molecule has 1 heterocycles. The molecule has 21 heavy (non-hydrogen) atoms. The summed E-state index contributed by atoms with van der Waals surface area (Å²) >= 11 is 0. The number of para-hydroxylation sites is 1. The van der Waals surface area contributed by atoms with Gasteiger partial charge in [-0.25, -0.2) is 0 Å². The van der Waals surface area contributed by atoms with Gasteiger partial charge in [0.05, 0.1) is 5.56 Å². The lowest BCUT2D eigenvalue weighted by molar-refractivity contribution is -0.137. The molecule has 0 unspecified atom stereocenters. The van der Waals surface area contributed by atoms with E-state index in [9.17, 15) is 13.2 Å². The van der Waals surface area contributed by atoms with E-state index in [1.807, 2.05) is 12.1 Å². The summed E-state index contributed by atoms with van der Waals surface area (Å²) in [4.78, 5) is 0. The van der Waals surface area contributed by atoms with Gasteiger partial charge in [-0.15, -0.1) is 0 Å². The van der Waals surface area contributed by atoms with Gasteiger partial charge in [-0.3, -0.25) is 0 Å². The van der Waals surface area contributed by atoms with Crippen molar-refractivity contribution in [2.45, 2.75) is 19.2 Å². The first-order valence-electron chi connectivity index (χ1n) is 6.69. The molecule has 0 radical (unpaired) electrons. The van der Waals surface area contributed by atoms with Gasteiger partial charge in [0.2, 0.25) is 0 Å². The Morgan fingerprint density at radius 2 is 1.81 bits per heavy atom. The van der Waals surface area contributed by atoms with Gasteiger partial charge in [-0.2, -0.15) is 13.2 Å². The van der Waals surface area contributed by atoms with Crippen LogP contribution >= 0.6 is 0 Å². The second-order valence-corrected chi connectivity index (χ2v) is 4.94. The largest absolute Gasteiger partial charge is 0.489 e. The standard InChI is InChI=1S/C16H14F3NO/c17-16(18,19)13-4-6-14(7-5-13)21-10-12-3-1-2-11-8-9-20-15(11)12/h1-7,20H,8-10H2. The van der Waals surface area contributed by atoms with Gasteiger partial charge in [-0.1, -0.05) is 18.2 Å². The lowest BCUT2D eigenvalue weighted by Crippen LogP contribution is -2.04. The minimum absolute atomic E-state index is 0.335. The predicted molar refractivity (Wildman–Crippen MR) is 74.4 cm³/mol. The highest BCUT2D eigenvalue weighted by Gasteiger charge is 2.30. The number of hydrogen-bond donors (Lipinski definition) is 1. The van der Waals surface area contributed by atoms with Crippen LogP contribution in [0.25, 0.3) is 0 Å². The van der Waals surface area contributed by atoms with Crippen LogP contribution in [0.3, 0.4) is 0 Å². The number of rotatable bonds is 3. The molecule has 0 saturated carbocycles. The maximum atomic E-state index is 12.5. The summed E-state index contributed by atoms with van der Waals surface area (Å²) < 4.78 is 43.0. The topological polar surface area (TPSA) is 21.3 Å². The van der Waals surface area contributed by atoms with E-state index in [-0.39, 0.29) is 0 Å². The molecule has 0 saturated heterocycles. The average molecular weight is 293 g/mol. The molecule has 5 heteroatoms. The zero-order valence-corrected chi connectivity index (χ0v) is 11.2. The third-order valence-electron chi connectivity index (χ3n) is 3.51. The lowest BCUT2D eigenvalue weighted by Gasteiger charge is -2.12. The Morgan fingerprint density at radius 3 is 2.52 bits per heavy atom. The van der Waals surface area contributed by atoms with Crippen LogP contribution in [0.2, 0.25) is 0 Å². The fraction of sp³-hybridized carbons (Fsp3) is 0.250. The summed E-state index contributed by atoms with van der Waals surface area (Å²) in [5, 5.41) is 3.31. The molecule has 1 N–H and O–H groups in total. The van der Waals surface area contributed by atoms with Crippen LogP contribution in [0, 0.1) is 0 Å². The van der Waals surface area contributed by atoms with E-state index in [0.29, 0.717) is 12.4 Å². The summed E-state index contributed by atoms with van der Waals surface area (Å²) in [6, 6.07) is 10.8. The molecule has 0 fully saturated rings. The van der Waals surface area contributed by atoms with Crippen molar-refractivity contribution in [2.24, 2.45) is 0 Å². The highest BCUT2D eigenvalue weighted by Crippen LogP contribution is 2.31. The van der Waals surface area contributed by atoms with Crippen molar-refractivity contribution in [3.8, 4) is 5.75 Å². The number of ether oxygens (including phenoxy) is 1. The fourth-order valence-corrected chi connectivity index (χ4v) is 2.43. The number of hydrogen-bond acceptors (Lipinski definition) is 2. The molecule has 2 aromatic rings. The van der Waals surface area contributed by atoms with E-state index < -0.39 is 11.7 Å². The minimum atomic E-state index is -4.32. The van der Waals surface area contributed by atoms with Crippen LogP contribution in [-0.2, 0) is 19.2 Å². The van der Waals surface area contributed by atoms with Gasteiger partial charge in [0, 0.05) is 17.8 Å². The Kier molecular flexibility index (Phi) is 3.49. The van der Waals surface area contributed by atoms with Gasteiger partial charge in [-0.05, 0) is 36.2 Å². The number of nitrogens with one attached hydrogen (secondary N) is 1. The second kappa shape index (κ2) is 5.31. The summed E-state index contributed by atoms with van der Waals surface area (Å²) in [6.45, 7) is 1.24. The number of benzene rings is 2. The molecule has 2 nitrogen and oxygen atoms in total. The molecule has 0 spiro atoms. The number of fused-ring (bicyclic) bond motifs is 1. The van der Waals surface area contributed by atoms with Crippen molar-refractivity contribution < 1.29 is 17.9 Å². The van der Waals surface area contributed by atoms with Gasteiger partial charge in [0.25, 0.3) is 0 Å². The zero-order valence-electron chi connectivity index (χ0n) is 11.2. The van der Waals surface area contributed by atoms with Crippen molar-refractivity contribution in [3.63, 3.8) is 0 Å². The summed E-state index contributed by atoms with van der Waals surface area (Å²) in [6.07, 6.45) is -3.33. The normalized spacial score (nSPS) is 13.7. The monoisotopic (exact) mass is 293 g/mol. The van der Waals surface area contributed by atoms with Crippen molar-refractivity contribution in [1.29, 1.82) is 0 Å². The van der Waals surface area contributed by atoms with Crippen molar-refractivity contribution in [3.05, 3.63) is 59.2 Å². The van der Waals surface area contributed by atoms with Gasteiger partial charge in [0.1, 0.15) is 12.4 Å². The van der Waals surface area contributed by atoms with E-state index in [2.05, 4.69) is 11.4 Å². The summed E-state index contributed by atoms with van der Waals surface area (Å²) in [5.74, 6) is 0.429. The zero-order chi connectivity index (χ0) is 14.9. The summed E-state index contributed by atoms with van der Waals surface area (Å²) in [5.41, 5.74) is 2.69. The molecule has 0 amide bonds. The highest BCUT2D eigenvalue weighted by atomic mass is 19.4. The molecular formula is C16H14F3NO. The van der Waals surface area contributed by atoms with Gasteiger partial charge < -0.3 is 10.1 Å². The molecule has 1 aliphatic rings. The molecule has 0 aromatic heterocycles. The quantitative estimate of drug-likeness (QED) is 0.913. The Labute approximate surface area is 120 Å². The highest BCUT2D eigenvalue weighted by molar-refractivity contribution is 5.61. The molecular weight excluding hydrogens is 279 g/mol. The second-order valence-electron chi connectivity index (χ2n) is 4.94. The first kappa shape index (κ1) is 13.8. The number of halogens is 3. The molecule has 110 valence electrons. The number of anilines is 1. The van der Waals surface area contributed by atoms with Crippen molar-refractivity contribution in [2.75, 3.05) is 11.9 Å². The third kappa shape index (κ3) is 2.96. The van der Waals surface area contributed by atoms with Crippen LogP contribution in [0.4, 0.5) is 18.9 Å². The van der Waals surface area contributed by atoms with Crippen molar-refractivity contribution in [1.82, 2.24) is 0 Å². The van der Waals surface area contributed by atoms with E-state index in [1.54, 1.807) is 0 Å². The maximum absolute atomic E-state index is 12.5. The van der Waals surface area contributed by atoms with Gasteiger partial charge in [0.15, 0.2) is 0 Å². The van der Waals surface area contributed by atoms with Crippen LogP contribution in [0.5, 0.6) is 5.75 Å². The van der Waals surface area contributed by atoms with E-state index in [0.717, 1.165) is 36.3 Å². The van der Waals surface area contributed by atoms with Crippen LogP contribution in [0.1, 0.15) is 16.7 Å². The third-order valence-corrected chi connectivity index (χ3v) is 3.51. The Balaban J connectivity index is 1.70. The van der Waals surface area contributed by atoms with E-state index >= 15 is 0 Å². The summed E-state index contributed by atoms with van der Waals surface area (Å²) in [7, 11) is 0. The molecule has 1 aliphatic heterocycles. The lowest BCUT2D eigenvalue weighted by atomic mass is 10.1. The molecule has 0 aliphatic carbocycles. The van der Waals surface area contributed by atoms with Crippen LogP contribution in [0.15, 0.2) is 42.5 Å². The van der Waals surface area contributed by atoms with Crippen LogP contribution in [-0.4, -0.2) is 6.54 Å². The van der Waals surface area contributed by atoms with E-state index in [1.165, 1.54) is 17.7 Å². The van der Waals surface area contributed by atoms with Crippen LogP contribution < -0.4 is 10.1 Å².